The van der Waals surface area contributed by atoms with Gasteiger partial charge in [-0.15, -0.1) is 0 Å². The Hall–Kier alpha value is -3.26. The lowest BCUT2D eigenvalue weighted by atomic mass is 9.89. The minimum atomic E-state index is 0.286. The normalized spacial score (nSPS) is 10.8. The molecule has 4 rings (SSSR count). The maximum absolute atomic E-state index is 11.2. The van der Waals surface area contributed by atoms with Crippen LogP contribution in [-0.2, 0) is 0 Å². The van der Waals surface area contributed by atoms with E-state index in [1.54, 1.807) is 0 Å². The predicted octanol–water partition coefficient (Wildman–Crippen LogP) is 6.28. The van der Waals surface area contributed by atoms with Gasteiger partial charge in [0.05, 0.1) is 6.61 Å². The molecule has 128 valence electrons. The second-order valence-corrected chi connectivity index (χ2v) is 6.14. The van der Waals surface area contributed by atoms with Gasteiger partial charge in [-0.25, -0.2) is 0 Å². The number of hydrogen-bond donors (Lipinski definition) is 1. The van der Waals surface area contributed by atoms with Crippen LogP contribution in [-0.4, -0.2) is 11.7 Å². The van der Waals surface area contributed by atoms with Crippen LogP contribution in [0.2, 0.25) is 0 Å². The summed E-state index contributed by atoms with van der Waals surface area (Å²) in [5.41, 5.74) is 3.72. The monoisotopic (exact) mass is 340 g/mol. The molecule has 4 aromatic carbocycles. The fourth-order valence-electron chi connectivity index (χ4n) is 3.45. The SMILES string of the molecule is CCOc1c(-c2ccccc2)c(-c2ccccc2)c(O)c2ccccc12. The Morgan fingerprint density at radius 3 is 1.73 bits per heavy atom. The number of fused-ring (bicyclic) bond motifs is 1. The number of ether oxygens (including phenoxy) is 1. The number of aromatic hydroxyl groups is 1. The number of benzene rings is 4. The standard InChI is InChI=1S/C24H20O2/c1-2-26-24-20-16-10-9-15-19(20)23(25)21(17-11-5-3-6-12-17)22(24)18-13-7-4-8-14-18/h3-16,25H,2H2,1H3. The number of phenols is 1. The van der Waals surface area contributed by atoms with Crippen LogP contribution in [0.3, 0.4) is 0 Å². The van der Waals surface area contributed by atoms with Gasteiger partial charge in [0.2, 0.25) is 0 Å². The molecule has 0 spiro atoms. The first-order valence-corrected chi connectivity index (χ1v) is 8.82. The second-order valence-electron chi connectivity index (χ2n) is 6.14. The third-order valence-corrected chi connectivity index (χ3v) is 4.55. The molecule has 0 saturated heterocycles. The van der Waals surface area contributed by atoms with Gasteiger partial charge in [-0.3, -0.25) is 0 Å². The molecule has 0 saturated carbocycles. The highest BCUT2D eigenvalue weighted by Gasteiger charge is 2.22. The van der Waals surface area contributed by atoms with Crippen LogP contribution in [0.1, 0.15) is 6.92 Å². The van der Waals surface area contributed by atoms with E-state index in [9.17, 15) is 5.11 Å². The molecule has 1 N–H and O–H groups in total. The van der Waals surface area contributed by atoms with E-state index in [2.05, 4.69) is 12.1 Å². The van der Waals surface area contributed by atoms with E-state index in [1.807, 2.05) is 79.7 Å². The third-order valence-electron chi connectivity index (χ3n) is 4.55. The maximum Gasteiger partial charge on any atom is 0.135 e. The molecule has 0 amide bonds. The Kier molecular flexibility index (Phi) is 4.32. The van der Waals surface area contributed by atoms with Crippen molar-refractivity contribution in [3.05, 3.63) is 84.9 Å². The molecule has 0 aliphatic carbocycles. The highest BCUT2D eigenvalue weighted by molar-refractivity contribution is 6.07. The summed E-state index contributed by atoms with van der Waals surface area (Å²) in [4.78, 5) is 0. The van der Waals surface area contributed by atoms with Crippen molar-refractivity contribution in [3.63, 3.8) is 0 Å². The van der Waals surface area contributed by atoms with Crippen molar-refractivity contribution < 1.29 is 9.84 Å². The molecular formula is C24H20O2. The summed E-state index contributed by atoms with van der Waals surface area (Å²) < 4.78 is 6.11. The quantitative estimate of drug-likeness (QED) is 0.474. The average molecular weight is 340 g/mol. The van der Waals surface area contributed by atoms with Crippen molar-refractivity contribution in [2.24, 2.45) is 0 Å². The van der Waals surface area contributed by atoms with E-state index < -0.39 is 0 Å². The Bertz CT molecular complexity index is 1040. The van der Waals surface area contributed by atoms with Crippen molar-refractivity contribution in [1.82, 2.24) is 0 Å². The molecule has 26 heavy (non-hydrogen) atoms. The Morgan fingerprint density at radius 2 is 1.15 bits per heavy atom. The van der Waals surface area contributed by atoms with Crippen LogP contribution in [0.15, 0.2) is 84.9 Å². The van der Waals surface area contributed by atoms with Crippen LogP contribution >= 0.6 is 0 Å². The number of hydrogen-bond acceptors (Lipinski definition) is 2. The Balaban J connectivity index is 2.19. The zero-order chi connectivity index (χ0) is 17.9. The molecule has 2 nitrogen and oxygen atoms in total. The predicted molar refractivity (Wildman–Crippen MR) is 108 cm³/mol. The van der Waals surface area contributed by atoms with E-state index in [0.717, 1.165) is 38.8 Å². The smallest absolute Gasteiger partial charge is 0.135 e. The molecule has 4 aromatic rings. The molecular weight excluding hydrogens is 320 g/mol. The van der Waals surface area contributed by atoms with E-state index in [-0.39, 0.29) is 5.75 Å². The van der Waals surface area contributed by atoms with Gasteiger partial charge in [0.25, 0.3) is 0 Å². The molecule has 0 aromatic heterocycles. The molecule has 0 aliphatic heterocycles. The number of phenolic OH excluding ortho intramolecular Hbond substituents is 1. The summed E-state index contributed by atoms with van der Waals surface area (Å²) in [7, 11) is 0. The van der Waals surface area contributed by atoms with Crippen LogP contribution in [0, 0.1) is 0 Å². The molecule has 0 fully saturated rings. The molecule has 0 radical (unpaired) electrons. The van der Waals surface area contributed by atoms with Crippen molar-refractivity contribution in [3.8, 4) is 33.8 Å². The highest BCUT2D eigenvalue weighted by atomic mass is 16.5. The fourth-order valence-corrected chi connectivity index (χ4v) is 3.45. The van der Waals surface area contributed by atoms with Gasteiger partial charge < -0.3 is 9.84 Å². The summed E-state index contributed by atoms with van der Waals surface area (Å²) in [5.74, 6) is 1.10. The Labute approximate surface area is 153 Å². The minimum Gasteiger partial charge on any atom is -0.507 e. The highest BCUT2D eigenvalue weighted by Crippen LogP contribution is 2.50. The van der Waals surface area contributed by atoms with Crippen LogP contribution in [0.4, 0.5) is 0 Å². The van der Waals surface area contributed by atoms with Crippen LogP contribution in [0.25, 0.3) is 33.0 Å². The first kappa shape index (κ1) is 16.2. The maximum atomic E-state index is 11.2. The summed E-state index contributed by atoms with van der Waals surface area (Å²) >= 11 is 0. The lowest BCUT2D eigenvalue weighted by Gasteiger charge is -2.20. The summed E-state index contributed by atoms with van der Waals surface area (Å²) in [6, 6.07) is 28.0. The van der Waals surface area contributed by atoms with Crippen molar-refractivity contribution in [2.45, 2.75) is 6.92 Å². The Morgan fingerprint density at radius 1 is 0.654 bits per heavy atom. The zero-order valence-electron chi connectivity index (χ0n) is 14.6. The van der Waals surface area contributed by atoms with Gasteiger partial charge in [-0.2, -0.15) is 0 Å². The number of rotatable bonds is 4. The van der Waals surface area contributed by atoms with Crippen LogP contribution < -0.4 is 4.74 Å². The summed E-state index contributed by atoms with van der Waals surface area (Å²) in [6.07, 6.45) is 0. The van der Waals surface area contributed by atoms with Crippen LogP contribution in [0.5, 0.6) is 11.5 Å². The average Bonchev–Trinajstić information content (AvgIpc) is 2.71. The molecule has 0 bridgehead atoms. The lowest BCUT2D eigenvalue weighted by Crippen LogP contribution is -1.98. The van der Waals surface area contributed by atoms with E-state index >= 15 is 0 Å². The second kappa shape index (κ2) is 6.93. The molecule has 0 heterocycles. The molecule has 0 aliphatic rings. The molecule has 0 atom stereocenters. The molecule has 2 heteroatoms. The van der Waals surface area contributed by atoms with Crippen molar-refractivity contribution in [1.29, 1.82) is 0 Å². The largest absolute Gasteiger partial charge is 0.507 e. The van der Waals surface area contributed by atoms with E-state index in [4.69, 9.17) is 4.74 Å². The summed E-state index contributed by atoms with van der Waals surface area (Å²) in [6.45, 7) is 2.54. The summed E-state index contributed by atoms with van der Waals surface area (Å²) in [5, 5.41) is 12.9. The van der Waals surface area contributed by atoms with Gasteiger partial charge in [0.15, 0.2) is 0 Å². The first-order chi connectivity index (χ1) is 12.8. The topological polar surface area (TPSA) is 29.5 Å². The zero-order valence-corrected chi connectivity index (χ0v) is 14.6. The third kappa shape index (κ3) is 2.70. The van der Waals surface area contributed by atoms with E-state index in [0.29, 0.717) is 6.61 Å². The van der Waals surface area contributed by atoms with Gasteiger partial charge >= 0.3 is 0 Å². The van der Waals surface area contributed by atoms with Gasteiger partial charge in [-0.05, 0) is 18.1 Å². The first-order valence-electron chi connectivity index (χ1n) is 8.82. The van der Waals surface area contributed by atoms with Gasteiger partial charge in [0, 0.05) is 21.9 Å². The van der Waals surface area contributed by atoms with Crippen molar-refractivity contribution >= 4 is 10.8 Å². The van der Waals surface area contributed by atoms with Crippen molar-refractivity contribution in [2.75, 3.05) is 6.61 Å². The lowest BCUT2D eigenvalue weighted by molar-refractivity contribution is 0.345. The molecule has 0 unspecified atom stereocenters. The fraction of sp³-hybridized carbons (Fsp3) is 0.0833. The van der Waals surface area contributed by atoms with Gasteiger partial charge in [-0.1, -0.05) is 84.9 Å². The minimum absolute atomic E-state index is 0.286. The van der Waals surface area contributed by atoms with Gasteiger partial charge in [0.1, 0.15) is 11.5 Å². The van der Waals surface area contributed by atoms with E-state index in [1.165, 1.54) is 0 Å².